The Kier molecular flexibility index (Phi) is 5.27. The standard InChI is InChI=1S/C20H17Cl2N3/c21-16-6-2-14(3-7-16)18-10-1-13(12-25-20(23)24)11-19(18)15-4-8-17(22)9-5-15/h1-11H,12H2,(H4,23,24,25). The molecule has 3 rings (SSSR count). The number of hydrogen-bond acceptors (Lipinski definition) is 1. The summed E-state index contributed by atoms with van der Waals surface area (Å²) in [7, 11) is 0. The van der Waals surface area contributed by atoms with E-state index in [0.717, 1.165) is 27.8 Å². The lowest BCUT2D eigenvalue weighted by Gasteiger charge is -2.13. The molecule has 0 bridgehead atoms. The van der Waals surface area contributed by atoms with Crippen molar-refractivity contribution in [2.24, 2.45) is 16.5 Å². The van der Waals surface area contributed by atoms with Crippen LogP contribution in [0.25, 0.3) is 22.3 Å². The summed E-state index contributed by atoms with van der Waals surface area (Å²) in [5.41, 5.74) is 16.3. The van der Waals surface area contributed by atoms with Gasteiger partial charge >= 0.3 is 0 Å². The van der Waals surface area contributed by atoms with E-state index in [1.54, 1.807) is 0 Å². The van der Waals surface area contributed by atoms with Gasteiger partial charge in [0.15, 0.2) is 5.96 Å². The van der Waals surface area contributed by atoms with E-state index in [9.17, 15) is 0 Å². The van der Waals surface area contributed by atoms with Crippen molar-refractivity contribution in [1.29, 1.82) is 0 Å². The highest BCUT2D eigenvalue weighted by Crippen LogP contribution is 2.34. The topological polar surface area (TPSA) is 64.4 Å². The number of hydrogen-bond donors (Lipinski definition) is 2. The van der Waals surface area contributed by atoms with Crippen molar-refractivity contribution in [3.8, 4) is 22.3 Å². The molecule has 0 aliphatic rings. The molecule has 3 nitrogen and oxygen atoms in total. The average molecular weight is 370 g/mol. The van der Waals surface area contributed by atoms with Crippen molar-refractivity contribution >= 4 is 29.2 Å². The van der Waals surface area contributed by atoms with Gasteiger partial charge in [0.25, 0.3) is 0 Å². The molecule has 0 aromatic heterocycles. The van der Waals surface area contributed by atoms with Crippen LogP contribution in [0.2, 0.25) is 10.0 Å². The molecule has 0 radical (unpaired) electrons. The van der Waals surface area contributed by atoms with Gasteiger partial charge in [0.2, 0.25) is 0 Å². The molecular weight excluding hydrogens is 353 g/mol. The second kappa shape index (κ2) is 7.60. The molecule has 0 heterocycles. The molecule has 0 atom stereocenters. The van der Waals surface area contributed by atoms with Crippen molar-refractivity contribution in [3.05, 3.63) is 82.3 Å². The highest BCUT2D eigenvalue weighted by molar-refractivity contribution is 6.31. The van der Waals surface area contributed by atoms with E-state index >= 15 is 0 Å². The second-order valence-electron chi connectivity index (χ2n) is 5.63. The molecule has 0 unspecified atom stereocenters. The van der Waals surface area contributed by atoms with Crippen LogP contribution in [0.5, 0.6) is 0 Å². The minimum atomic E-state index is 0.0785. The molecule has 0 spiro atoms. The molecule has 0 amide bonds. The minimum absolute atomic E-state index is 0.0785. The molecule has 0 saturated carbocycles. The smallest absolute Gasteiger partial charge is 0.186 e. The number of benzene rings is 3. The highest BCUT2D eigenvalue weighted by atomic mass is 35.5. The van der Waals surface area contributed by atoms with E-state index < -0.39 is 0 Å². The Labute approximate surface area is 156 Å². The Morgan fingerprint density at radius 1 is 0.720 bits per heavy atom. The molecule has 3 aromatic carbocycles. The largest absolute Gasteiger partial charge is 0.370 e. The molecule has 4 N–H and O–H groups in total. The van der Waals surface area contributed by atoms with Gasteiger partial charge in [-0.25, -0.2) is 4.99 Å². The highest BCUT2D eigenvalue weighted by Gasteiger charge is 2.09. The number of nitrogens with two attached hydrogens (primary N) is 2. The Balaban J connectivity index is 2.11. The average Bonchev–Trinajstić information content (AvgIpc) is 2.61. The van der Waals surface area contributed by atoms with Crippen LogP contribution in [0, 0.1) is 0 Å². The van der Waals surface area contributed by atoms with E-state index in [1.807, 2.05) is 54.6 Å². The predicted molar refractivity (Wildman–Crippen MR) is 107 cm³/mol. The molecule has 0 aliphatic heterocycles. The van der Waals surface area contributed by atoms with Crippen LogP contribution in [0.3, 0.4) is 0 Å². The maximum atomic E-state index is 6.03. The molecule has 0 saturated heterocycles. The van der Waals surface area contributed by atoms with Crippen LogP contribution in [-0.4, -0.2) is 5.96 Å². The summed E-state index contributed by atoms with van der Waals surface area (Å²) in [6.45, 7) is 0.434. The summed E-state index contributed by atoms with van der Waals surface area (Å²) in [6, 6.07) is 21.7. The third-order valence-corrected chi connectivity index (χ3v) is 4.34. The third kappa shape index (κ3) is 4.32. The zero-order valence-corrected chi connectivity index (χ0v) is 14.9. The summed E-state index contributed by atoms with van der Waals surface area (Å²) in [5, 5.41) is 1.41. The Bertz CT molecular complexity index is 897. The van der Waals surface area contributed by atoms with Gasteiger partial charge in [0.1, 0.15) is 0 Å². The predicted octanol–water partition coefficient (Wildman–Crippen LogP) is 5.10. The Hall–Kier alpha value is -2.49. The van der Waals surface area contributed by atoms with Crippen LogP contribution >= 0.6 is 23.2 Å². The number of rotatable bonds is 4. The van der Waals surface area contributed by atoms with Crippen LogP contribution in [0.1, 0.15) is 5.56 Å². The number of nitrogens with zero attached hydrogens (tertiary/aromatic N) is 1. The fourth-order valence-electron chi connectivity index (χ4n) is 2.62. The lowest BCUT2D eigenvalue weighted by molar-refractivity contribution is 1.06. The number of guanidine groups is 1. The van der Waals surface area contributed by atoms with Crippen LogP contribution in [0.4, 0.5) is 0 Å². The summed E-state index contributed by atoms with van der Waals surface area (Å²) in [6.07, 6.45) is 0. The van der Waals surface area contributed by atoms with Gasteiger partial charge in [-0.15, -0.1) is 0 Å². The zero-order valence-electron chi connectivity index (χ0n) is 13.4. The number of aliphatic imine (C=N–C) groups is 1. The third-order valence-electron chi connectivity index (χ3n) is 3.84. The maximum absolute atomic E-state index is 6.03. The van der Waals surface area contributed by atoms with Gasteiger partial charge in [0, 0.05) is 10.0 Å². The Morgan fingerprint density at radius 2 is 1.24 bits per heavy atom. The van der Waals surface area contributed by atoms with E-state index in [2.05, 4.69) is 17.1 Å². The second-order valence-corrected chi connectivity index (χ2v) is 6.51. The SMILES string of the molecule is NC(N)=NCc1ccc(-c2ccc(Cl)cc2)c(-c2ccc(Cl)cc2)c1. The first-order chi connectivity index (χ1) is 12.0. The van der Waals surface area contributed by atoms with Crippen LogP contribution in [0.15, 0.2) is 71.7 Å². The lowest BCUT2D eigenvalue weighted by atomic mass is 9.93. The van der Waals surface area contributed by atoms with Gasteiger partial charge in [-0.2, -0.15) is 0 Å². The van der Waals surface area contributed by atoms with E-state index in [1.165, 1.54) is 0 Å². The molecule has 0 aliphatic carbocycles. The van der Waals surface area contributed by atoms with E-state index in [4.69, 9.17) is 34.7 Å². The monoisotopic (exact) mass is 369 g/mol. The van der Waals surface area contributed by atoms with Crippen molar-refractivity contribution in [1.82, 2.24) is 0 Å². The first-order valence-corrected chi connectivity index (χ1v) is 8.49. The zero-order chi connectivity index (χ0) is 17.8. The summed E-state index contributed by atoms with van der Waals surface area (Å²) >= 11 is 12.0. The molecule has 0 fully saturated rings. The van der Waals surface area contributed by atoms with Gasteiger partial charge in [-0.3, -0.25) is 0 Å². The van der Waals surface area contributed by atoms with Gasteiger partial charge in [0.05, 0.1) is 6.54 Å². The molecule has 25 heavy (non-hydrogen) atoms. The van der Waals surface area contributed by atoms with Gasteiger partial charge in [-0.1, -0.05) is 59.6 Å². The van der Waals surface area contributed by atoms with Crippen molar-refractivity contribution in [2.45, 2.75) is 6.54 Å². The van der Waals surface area contributed by atoms with Crippen molar-refractivity contribution < 1.29 is 0 Å². The molecule has 126 valence electrons. The quantitative estimate of drug-likeness (QED) is 0.496. The Morgan fingerprint density at radius 3 is 1.76 bits per heavy atom. The summed E-state index contributed by atoms with van der Waals surface area (Å²) < 4.78 is 0. The first-order valence-electron chi connectivity index (χ1n) is 7.73. The van der Waals surface area contributed by atoms with Gasteiger partial charge < -0.3 is 11.5 Å². The van der Waals surface area contributed by atoms with Crippen molar-refractivity contribution in [2.75, 3.05) is 0 Å². The molecular formula is C20H17Cl2N3. The van der Waals surface area contributed by atoms with Crippen LogP contribution in [-0.2, 0) is 6.54 Å². The fraction of sp³-hybridized carbons (Fsp3) is 0.0500. The van der Waals surface area contributed by atoms with Gasteiger partial charge in [-0.05, 0) is 58.1 Å². The fourth-order valence-corrected chi connectivity index (χ4v) is 2.87. The number of halogens is 2. The van der Waals surface area contributed by atoms with E-state index in [-0.39, 0.29) is 5.96 Å². The maximum Gasteiger partial charge on any atom is 0.186 e. The van der Waals surface area contributed by atoms with E-state index in [0.29, 0.717) is 16.6 Å². The minimum Gasteiger partial charge on any atom is -0.370 e. The molecule has 3 aromatic rings. The normalized spacial score (nSPS) is 10.5. The first kappa shape index (κ1) is 17.3. The van der Waals surface area contributed by atoms with Crippen molar-refractivity contribution in [3.63, 3.8) is 0 Å². The molecule has 5 heteroatoms. The lowest BCUT2D eigenvalue weighted by Crippen LogP contribution is -2.22. The summed E-state index contributed by atoms with van der Waals surface area (Å²) in [5.74, 6) is 0.0785. The summed E-state index contributed by atoms with van der Waals surface area (Å²) in [4.78, 5) is 4.09. The van der Waals surface area contributed by atoms with Crippen LogP contribution < -0.4 is 11.5 Å².